The molecule has 0 aliphatic rings. The predicted molar refractivity (Wildman–Crippen MR) is 80.7 cm³/mol. The van der Waals surface area contributed by atoms with Crippen molar-refractivity contribution in [1.82, 2.24) is 10.3 Å². The number of aliphatic hydroxyl groups is 1. The number of nitrogens with zero attached hydrogens (tertiary/aromatic N) is 1. The van der Waals surface area contributed by atoms with Crippen molar-refractivity contribution in [3.63, 3.8) is 0 Å². The average Bonchev–Trinajstić information content (AvgIpc) is 3.04. The lowest BCUT2D eigenvalue weighted by Crippen LogP contribution is -2.34. The summed E-state index contributed by atoms with van der Waals surface area (Å²) in [5, 5.41) is 14.5. The zero-order valence-electron chi connectivity index (χ0n) is 10.6. The highest BCUT2D eigenvalue weighted by Gasteiger charge is 2.14. The van der Waals surface area contributed by atoms with Crippen LogP contribution in [-0.4, -0.2) is 42.4 Å². The molecular weight excluding hydrogens is 320 g/mol. The third-order valence-electron chi connectivity index (χ3n) is 2.38. The second-order valence-electron chi connectivity index (χ2n) is 3.96. The summed E-state index contributed by atoms with van der Waals surface area (Å²) in [5.74, 6) is -0.315. The van der Waals surface area contributed by atoms with Crippen LogP contribution in [0.4, 0.5) is 0 Å². The standard InChI is InChI=1S/C12H13ClN2O3S2/c1-18-5-7(16)4-14-11(17)8-6-19-12(15-8)9-2-3-10(13)20-9/h2-3,6-7,16H,4-5H2,1H3,(H,14,17). The normalized spacial score (nSPS) is 12.3. The lowest BCUT2D eigenvalue weighted by Gasteiger charge is -2.09. The van der Waals surface area contributed by atoms with Gasteiger partial charge in [-0.25, -0.2) is 4.98 Å². The van der Waals surface area contributed by atoms with E-state index in [2.05, 4.69) is 10.3 Å². The Morgan fingerprint density at radius 2 is 2.40 bits per heavy atom. The van der Waals surface area contributed by atoms with Gasteiger partial charge in [-0.2, -0.15) is 0 Å². The lowest BCUT2D eigenvalue weighted by molar-refractivity contribution is 0.0609. The third-order valence-corrected chi connectivity index (χ3v) is 4.62. The summed E-state index contributed by atoms with van der Waals surface area (Å²) in [6.07, 6.45) is -0.724. The lowest BCUT2D eigenvalue weighted by atomic mass is 10.3. The van der Waals surface area contributed by atoms with E-state index < -0.39 is 6.10 Å². The van der Waals surface area contributed by atoms with Gasteiger partial charge >= 0.3 is 0 Å². The fourth-order valence-electron chi connectivity index (χ4n) is 1.47. The van der Waals surface area contributed by atoms with E-state index in [0.29, 0.717) is 10.0 Å². The topological polar surface area (TPSA) is 71.5 Å². The molecule has 1 unspecified atom stereocenters. The van der Waals surface area contributed by atoms with Crippen LogP contribution < -0.4 is 5.32 Å². The number of ether oxygens (including phenoxy) is 1. The van der Waals surface area contributed by atoms with E-state index in [1.165, 1.54) is 29.8 Å². The molecule has 0 aliphatic heterocycles. The third kappa shape index (κ3) is 4.00. The van der Waals surface area contributed by atoms with E-state index in [0.717, 1.165) is 9.88 Å². The first-order valence-electron chi connectivity index (χ1n) is 5.76. The van der Waals surface area contributed by atoms with E-state index in [-0.39, 0.29) is 19.1 Å². The summed E-state index contributed by atoms with van der Waals surface area (Å²) in [6, 6.07) is 3.67. The van der Waals surface area contributed by atoms with Gasteiger partial charge in [-0.1, -0.05) is 11.6 Å². The first-order valence-corrected chi connectivity index (χ1v) is 7.84. The monoisotopic (exact) mass is 332 g/mol. The van der Waals surface area contributed by atoms with Crippen molar-refractivity contribution in [2.45, 2.75) is 6.10 Å². The van der Waals surface area contributed by atoms with Crippen LogP contribution in [0.5, 0.6) is 0 Å². The Labute approximate surface area is 129 Å². The minimum absolute atomic E-state index is 0.129. The summed E-state index contributed by atoms with van der Waals surface area (Å²) in [5.41, 5.74) is 0.333. The van der Waals surface area contributed by atoms with Gasteiger partial charge in [-0.05, 0) is 12.1 Å². The number of hydrogen-bond acceptors (Lipinski definition) is 6. The quantitative estimate of drug-likeness (QED) is 0.851. The first-order chi connectivity index (χ1) is 9.60. The molecule has 0 spiro atoms. The van der Waals surface area contributed by atoms with Gasteiger partial charge in [0.05, 0.1) is 21.9 Å². The number of aliphatic hydroxyl groups excluding tert-OH is 1. The van der Waals surface area contributed by atoms with Gasteiger partial charge < -0.3 is 15.2 Å². The molecule has 5 nitrogen and oxygen atoms in total. The molecule has 0 saturated carbocycles. The van der Waals surface area contributed by atoms with Crippen molar-refractivity contribution in [3.05, 3.63) is 27.5 Å². The molecule has 1 atom stereocenters. The Morgan fingerprint density at radius 3 is 3.05 bits per heavy atom. The zero-order valence-corrected chi connectivity index (χ0v) is 13.0. The van der Waals surface area contributed by atoms with E-state index in [1.807, 2.05) is 6.07 Å². The molecule has 0 radical (unpaired) electrons. The number of carbonyl (C=O) groups excluding carboxylic acids is 1. The maximum Gasteiger partial charge on any atom is 0.270 e. The van der Waals surface area contributed by atoms with Crippen molar-refractivity contribution in [2.75, 3.05) is 20.3 Å². The fourth-order valence-corrected chi connectivity index (χ4v) is 3.39. The Balaban J connectivity index is 1.96. The molecule has 20 heavy (non-hydrogen) atoms. The van der Waals surface area contributed by atoms with Gasteiger partial charge in [0.1, 0.15) is 10.7 Å². The molecule has 2 heterocycles. The minimum atomic E-state index is -0.724. The highest BCUT2D eigenvalue weighted by Crippen LogP contribution is 2.32. The minimum Gasteiger partial charge on any atom is -0.389 e. The number of aromatic nitrogens is 1. The summed E-state index contributed by atoms with van der Waals surface area (Å²) < 4.78 is 5.46. The van der Waals surface area contributed by atoms with Crippen LogP contribution in [0, 0.1) is 0 Å². The Morgan fingerprint density at radius 1 is 1.60 bits per heavy atom. The average molecular weight is 333 g/mol. The van der Waals surface area contributed by atoms with Crippen molar-refractivity contribution >= 4 is 40.2 Å². The molecule has 108 valence electrons. The number of thiophene rings is 1. The van der Waals surface area contributed by atoms with Crippen LogP contribution in [0.25, 0.3) is 9.88 Å². The van der Waals surface area contributed by atoms with Crippen LogP contribution in [0.3, 0.4) is 0 Å². The highest BCUT2D eigenvalue weighted by atomic mass is 35.5. The predicted octanol–water partition coefficient (Wildman–Crippen LogP) is 2.26. The number of nitrogens with one attached hydrogen (secondary N) is 1. The van der Waals surface area contributed by atoms with Gasteiger partial charge in [0.2, 0.25) is 0 Å². The maximum absolute atomic E-state index is 11.9. The van der Waals surface area contributed by atoms with Gasteiger partial charge in [0.15, 0.2) is 0 Å². The number of thiazole rings is 1. The second kappa shape index (κ2) is 7.14. The number of hydrogen-bond donors (Lipinski definition) is 2. The summed E-state index contributed by atoms with van der Waals surface area (Å²) in [6.45, 7) is 0.306. The number of halogens is 1. The first kappa shape index (κ1) is 15.4. The molecular formula is C12H13ClN2O3S2. The van der Waals surface area contributed by atoms with Gasteiger partial charge in [-0.15, -0.1) is 22.7 Å². The molecule has 0 aromatic carbocycles. The number of carbonyl (C=O) groups is 1. The van der Waals surface area contributed by atoms with Crippen LogP contribution in [0.2, 0.25) is 4.34 Å². The molecule has 0 saturated heterocycles. The molecule has 2 aromatic rings. The van der Waals surface area contributed by atoms with E-state index >= 15 is 0 Å². The highest BCUT2D eigenvalue weighted by molar-refractivity contribution is 7.23. The van der Waals surface area contributed by atoms with Gasteiger partial charge in [0.25, 0.3) is 5.91 Å². The van der Waals surface area contributed by atoms with Crippen LogP contribution in [-0.2, 0) is 4.74 Å². The largest absolute Gasteiger partial charge is 0.389 e. The molecule has 0 bridgehead atoms. The van der Waals surface area contributed by atoms with Gasteiger partial charge in [-0.3, -0.25) is 4.79 Å². The molecule has 2 aromatic heterocycles. The number of amides is 1. The molecule has 8 heteroatoms. The Hall–Kier alpha value is -0.990. The fraction of sp³-hybridized carbons (Fsp3) is 0.333. The van der Waals surface area contributed by atoms with E-state index in [1.54, 1.807) is 11.4 Å². The number of rotatable bonds is 6. The molecule has 0 aliphatic carbocycles. The van der Waals surface area contributed by atoms with E-state index in [4.69, 9.17) is 16.3 Å². The van der Waals surface area contributed by atoms with Crippen LogP contribution in [0.15, 0.2) is 17.5 Å². The Bertz CT molecular complexity index is 585. The van der Waals surface area contributed by atoms with Crippen molar-refractivity contribution in [1.29, 1.82) is 0 Å². The smallest absolute Gasteiger partial charge is 0.270 e. The van der Waals surface area contributed by atoms with Crippen molar-refractivity contribution in [2.24, 2.45) is 0 Å². The molecule has 2 rings (SSSR count). The zero-order chi connectivity index (χ0) is 14.5. The van der Waals surface area contributed by atoms with Crippen LogP contribution in [0.1, 0.15) is 10.5 Å². The van der Waals surface area contributed by atoms with Crippen LogP contribution >= 0.6 is 34.3 Å². The van der Waals surface area contributed by atoms with Crippen molar-refractivity contribution < 1.29 is 14.6 Å². The Kier molecular flexibility index (Phi) is 5.50. The number of methoxy groups -OCH3 is 1. The molecule has 0 fully saturated rings. The maximum atomic E-state index is 11.9. The summed E-state index contributed by atoms with van der Waals surface area (Å²) in [7, 11) is 1.49. The van der Waals surface area contributed by atoms with E-state index in [9.17, 15) is 9.90 Å². The summed E-state index contributed by atoms with van der Waals surface area (Å²) in [4.78, 5) is 17.1. The second-order valence-corrected chi connectivity index (χ2v) is 6.53. The molecule has 2 N–H and O–H groups in total. The summed E-state index contributed by atoms with van der Waals surface area (Å²) >= 11 is 8.67. The van der Waals surface area contributed by atoms with Crippen molar-refractivity contribution in [3.8, 4) is 9.88 Å². The SMILES string of the molecule is COCC(O)CNC(=O)c1csc(-c2ccc(Cl)s2)n1. The van der Waals surface area contributed by atoms with Gasteiger partial charge in [0, 0.05) is 19.0 Å². The molecule has 1 amide bonds.